The summed E-state index contributed by atoms with van der Waals surface area (Å²) in [7, 11) is 1.45. The lowest BCUT2D eigenvalue weighted by Crippen LogP contribution is -2.33. The number of fused-ring (bicyclic) bond motifs is 5. The van der Waals surface area contributed by atoms with Crippen LogP contribution in [0, 0.1) is 23.7 Å². The number of methoxy groups -OCH3 is 1. The van der Waals surface area contributed by atoms with E-state index < -0.39 is 18.5 Å². The normalized spacial score (nSPS) is 24.4. The molecule has 0 spiro atoms. The Kier molecular flexibility index (Phi) is 5.61. The molecule has 9 heteroatoms. The Labute approximate surface area is 200 Å². The molecule has 3 aliphatic rings. The number of carbonyl (C=O) groups excluding carboxylic acids is 4. The second-order valence-electron chi connectivity index (χ2n) is 8.53. The van der Waals surface area contributed by atoms with Crippen molar-refractivity contribution in [3.63, 3.8) is 0 Å². The summed E-state index contributed by atoms with van der Waals surface area (Å²) in [4.78, 5) is 52.1. The van der Waals surface area contributed by atoms with Crippen molar-refractivity contribution in [2.45, 2.75) is 6.42 Å². The first kappa shape index (κ1) is 22.2. The number of nitrogens with one attached hydrogen (secondary N) is 1. The summed E-state index contributed by atoms with van der Waals surface area (Å²) in [6.45, 7) is -0.542. The number of amides is 3. The van der Waals surface area contributed by atoms with Crippen LogP contribution in [0.4, 0.5) is 11.4 Å². The first-order valence-electron chi connectivity index (χ1n) is 10.8. The second kappa shape index (κ2) is 8.61. The second-order valence-corrected chi connectivity index (χ2v) is 8.97. The maximum atomic E-state index is 13.0. The summed E-state index contributed by atoms with van der Waals surface area (Å²) in [6, 6.07) is 10.9. The van der Waals surface area contributed by atoms with E-state index in [1.807, 2.05) is 12.2 Å². The van der Waals surface area contributed by atoms with Crippen LogP contribution in [0.5, 0.6) is 5.75 Å². The van der Waals surface area contributed by atoms with E-state index in [-0.39, 0.29) is 41.0 Å². The molecule has 0 unspecified atom stereocenters. The smallest absolute Gasteiger partial charge is 0.338 e. The molecular weight excluding hydrogens is 460 g/mol. The molecule has 0 aromatic heterocycles. The van der Waals surface area contributed by atoms with E-state index >= 15 is 0 Å². The van der Waals surface area contributed by atoms with E-state index in [1.54, 1.807) is 24.3 Å². The molecule has 2 aromatic carbocycles. The zero-order valence-electron chi connectivity index (χ0n) is 18.2. The van der Waals surface area contributed by atoms with Crippen molar-refractivity contribution in [1.29, 1.82) is 0 Å². The van der Waals surface area contributed by atoms with Crippen molar-refractivity contribution >= 4 is 46.7 Å². The fourth-order valence-electron chi connectivity index (χ4n) is 5.11. The Morgan fingerprint density at radius 1 is 1.06 bits per heavy atom. The van der Waals surface area contributed by atoms with Crippen molar-refractivity contribution in [2.75, 3.05) is 23.9 Å². The molecule has 1 heterocycles. The molecule has 8 nitrogen and oxygen atoms in total. The summed E-state index contributed by atoms with van der Waals surface area (Å²) in [5, 5.41) is 2.99. The third kappa shape index (κ3) is 3.74. The number of imide groups is 1. The minimum absolute atomic E-state index is 0.0984. The number of allylic oxidation sites excluding steroid dienone is 2. The van der Waals surface area contributed by atoms with Crippen LogP contribution in [0.25, 0.3) is 0 Å². The quantitative estimate of drug-likeness (QED) is 0.386. The molecule has 1 N–H and O–H groups in total. The fraction of sp³-hybridized carbons (Fsp3) is 0.280. The van der Waals surface area contributed by atoms with Gasteiger partial charge in [0.15, 0.2) is 6.61 Å². The zero-order chi connectivity index (χ0) is 24.0. The van der Waals surface area contributed by atoms with Gasteiger partial charge in [-0.1, -0.05) is 29.8 Å². The topological polar surface area (TPSA) is 102 Å². The lowest BCUT2D eigenvalue weighted by atomic mass is 9.85. The van der Waals surface area contributed by atoms with Gasteiger partial charge < -0.3 is 14.8 Å². The molecule has 1 aliphatic heterocycles. The minimum atomic E-state index is -0.754. The highest BCUT2D eigenvalue weighted by atomic mass is 35.5. The van der Waals surface area contributed by atoms with E-state index in [4.69, 9.17) is 21.1 Å². The van der Waals surface area contributed by atoms with E-state index in [9.17, 15) is 19.2 Å². The molecule has 1 saturated carbocycles. The van der Waals surface area contributed by atoms with E-state index in [0.29, 0.717) is 22.1 Å². The maximum absolute atomic E-state index is 13.0. The van der Waals surface area contributed by atoms with Crippen molar-refractivity contribution < 1.29 is 28.7 Å². The molecule has 2 aliphatic carbocycles. The SMILES string of the molecule is COc1ccc(Cl)cc1NC(=O)COC(=O)c1cccc(N2C(=O)[C@@H]3[C@@H](C2=O)[C@H]2C=C[C@H]3C2)c1. The molecular formula is C25H21ClN2O6. The Morgan fingerprint density at radius 2 is 1.76 bits per heavy atom. The molecule has 5 rings (SSSR count). The zero-order valence-corrected chi connectivity index (χ0v) is 19.0. The van der Waals surface area contributed by atoms with Gasteiger partial charge in [0.05, 0.1) is 35.9 Å². The lowest BCUT2D eigenvalue weighted by molar-refractivity contribution is -0.123. The summed E-state index contributed by atoms with van der Waals surface area (Å²) in [5.41, 5.74) is 0.800. The fourth-order valence-corrected chi connectivity index (χ4v) is 5.28. The summed E-state index contributed by atoms with van der Waals surface area (Å²) < 4.78 is 10.3. The van der Waals surface area contributed by atoms with E-state index in [2.05, 4.69) is 5.32 Å². The molecule has 2 aromatic rings. The van der Waals surface area contributed by atoms with Crippen LogP contribution in [0.3, 0.4) is 0 Å². The van der Waals surface area contributed by atoms with Gasteiger partial charge in [0.25, 0.3) is 5.91 Å². The van der Waals surface area contributed by atoms with Gasteiger partial charge in [-0.2, -0.15) is 0 Å². The average molecular weight is 481 g/mol. The van der Waals surface area contributed by atoms with Crippen molar-refractivity contribution in [1.82, 2.24) is 0 Å². The van der Waals surface area contributed by atoms with Crippen LogP contribution in [0.1, 0.15) is 16.8 Å². The standard InChI is InChI=1S/C25H21ClN2O6/c1-33-19-8-7-16(26)11-18(19)27-20(29)12-34-25(32)15-3-2-4-17(10-15)28-23(30)21-13-5-6-14(9-13)22(21)24(28)31/h2-8,10-11,13-14,21-22H,9,12H2,1H3,(H,27,29)/t13-,14-,21-,22-/m0/s1. The van der Waals surface area contributed by atoms with Gasteiger partial charge in [-0.3, -0.25) is 14.4 Å². The Bertz CT molecular complexity index is 1210. The van der Waals surface area contributed by atoms with Gasteiger partial charge in [0, 0.05) is 5.02 Å². The lowest BCUT2D eigenvalue weighted by Gasteiger charge is -2.18. The summed E-state index contributed by atoms with van der Waals surface area (Å²) in [5.74, 6) is -1.84. The number of rotatable bonds is 6. The third-order valence-corrected chi connectivity index (χ3v) is 6.82. The number of carbonyl (C=O) groups is 4. The molecule has 0 radical (unpaired) electrons. The van der Waals surface area contributed by atoms with Gasteiger partial charge in [-0.25, -0.2) is 9.69 Å². The Balaban J connectivity index is 1.25. The van der Waals surface area contributed by atoms with Crippen LogP contribution < -0.4 is 15.0 Å². The van der Waals surface area contributed by atoms with Crippen LogP contribution >= 0.6 is 11.6 Å². The van der Waals surface area contributed by atoms with E-state index in [1.165, 1.54) is 30.2 Å². The Morgan fingerprint density at radius 3 is 2.44 bits per heavy atom. The number of benzene rings is 2. The molecule has 3 amide bonds. The molecule has 2 fully saturated rings. The van der Waals surface area contributed by atoms with E-state index in [0.717, 1.165) is 6.42 Å². The summed E-state index contributed by atoms with van der Waals surface area (Å²) in [6.07, 6.45) is 4.90. The Hall–Kier alpha value is -3.65. The predicted octanol–water partition coefficient (Wildman–Crippen LogP) is 3.46. The maximum Gasteiger partial charge on any atom is 0.338 e. The number of hydrogen-bond acceptors (Lipinski definition) is 6. The van der Waals surface area contributed by atoms with Gasteiger partial charge in [0.2, 0.25) is 11.8 Å². The molecule has 174 valence electrons. The van der Waals surface area contributed by atoms with Gasteiger partial charge in [-0.15, -0.1) is 0 Å². The average Bonchev–Trinajstić information content (AvgIpc) is 3.51. The number of anilines is 2. The van der Waals surface area contributed by atoms with Crippen molar-refractivity contribution in [3.05, 3.63) is 65.2 Å². The third-order valence-electron chi connectivity index (χ3n) is 6.58. The van der Waals surface area contributed by atoms with Crippen molar-refractivity contribution in [2.24, 2.45) is 23.7 Å². The number of halogens is 1. The largest absolute Gasteiger partial charge is 0.495 e. The number of esters is 1. The minimum Gasteiger partial charge on any atom is -0.495 e. The number of nitrogens with zero attached hydrogens (tertiary/aromatic N) is 1. The first-order chi connectivity index (χ1) is 16.4. The molecule has 4 atom stereocenters. The highest BCUT2D eigenvalue weighted by molar-refractivity contribution is 6.31. The molecule has 2 bridgehead atoms. The van der Waals surface area contributed by atoms with Gasteiger partial charge >= 0.3 is 5.97 Å². The number of ether oxygens (including phenoxy) is 2. The van der Waals surface area contributed by atoms with Crippen molar-refractivity contribution in [3.8, 4) is 5.75 Å². The number of hydrogen-bond donors (Lipinski definition) is 1. The van der Waals surface area contributed by atoms with Crippen LogP contribution in [-0.2, 0) is 19.1 Å². The monoisotopic (exact) mass is 480 g/mol. The first-order valence-corrected chi connectivity index (χ1v) is 11.2. The van der Waals surface area contributed by atoms with Crippen LogP contribution in [0.15, 0.2) is 54.6 Å². The van der Waals surface area contributed by atoms with Gasteiger partial charge in [0.1, 0.15) is 5.75 Å². The molecule has 1 saturated heterocycles. The molecule has 34 heavy (non-hydrogen) atoms. The predicted molar refractivity (Wildman–Crippen MR) is 124 cm³/mol. The highest BCUT2D eigenvalue weighted by Gasteiger charge is 2.59. The highest BCUT2D eigenvalue weighted by Crippen LogP contribution is 2.53. The van der Waals surface area contributed by atoms with Crippen LogP contribution in [-0.4, -0.2) is 37.4 Å². The van der Waals surface area contributed by atoms with Gasteiger partial charge in [-0.05, 0) is 54.7 Å². The summed E-state index contributed by atoms with van der Waals surface area (Å²) >= 11 is 5.96. The van der Waals surface area contributed by atoms with Crippen LogP contribution in [0.2, 0.25) is 5.02 Å².